The zero-order valence-corrected chi connectivity index (χ0v) is 11.8. The van der Waals surface area contributed by atoms with Gasteiger partial charge in [0, 0.05) is 12.3 Å². The minimum Gasteiger partial charge on any atom is -0.493 e. The third-order valence-electron chi connectivity index (χ3n) is 2.74. The molecule has 0 aliphatic heterocycles. The highest BCUT2D eigenvalue weighted by atomic mass is 19.4. The molecule has 0 bridgehead atoms. The fraction of sp³-hybridized carbons (Fsp3) is 0.214. The van der Waals surface area contributed by atoms with Gasteiger partial charge in [0.25, 0.3) is 0 Å². The van der Waals surface area contributed by atoms with Crippen LogP contribution in [0.15, 0.2) is 30.5 Å². The summed E-state index contributed by atoms with van der Waals surface area (Å²) in [5, 5.41) is 12.0. The number of halogens is 3. The Morgan fingerprint density at radius 1 is 1.35 bits per heavy atom. The molecule has 1 aromatic carbocycles. The second-order valence-electron chi connectivity index (χ2n) is 4.35. The van der Waals surface area contributed by atoms with Crippen LogP contribution >= 0.6 is 0 Å². The van der Waals surface area contributed by atoms with E-state index >= 15 is 0 Å². The number of carbonyl (C=O) groups excluding carboxylic acids is 1. The molecular weight excluding hydrogens is 315 g/mol. The molecule has 120 valence electrons. The average Bonchev–Trinajstić information content (AvgIpc) is 2.96. The van der Waals surface area contributed by atoms with E-state index in [4.69, 9.17) is 14.7 Å². The van der Waals surface area contributed by atoms with Crippen LogP contribution in [-0.4, -0.2) is 22.9 Å². The number of hydrogen-bond acceptors (Lipinski definition) is 5. The zero-order chi connectivity index (χ0) is 17.0. The third kappa shape index (κ3) is 4.00. The molecule has 0 amide bonds. The fourth-order valence-electron chi connectivity index (χ4n) is 1.71. The Hall–Kier alpha value is -3.02. The van der Waals surface area contributed by atoms with Gasteiger partial charge in [-0.15, -0.1) is 0 Å². The Balaban J connectivity index is 2.08. The van der Waals surface area contributed by atoms with Crippen LogP contribution in [0.4, 0.5) is 13.2 Å². The summed E-state index contributed by atoms with van der Waals surface area (Å²) in [7, 11) is 1.33. The quantitative estimate of drug-likeness (QED) is 0.637. The summed E-state index contributed by atoms with van der Waals surface area (Å²) in [6, 6.07) is 6.81. The molecule has 0 fully saturated rings. The summed E-state index contributed by atoms with van der Waals surface area (Å²) < 4.78 is 48.1. The van der Waals surface area contributed by atoms with Gasteiger partial charge in [-0.3, -0.25) is 4.68 Å². The second kappa shape index (κ2) is 6.39. The normalized spacial score (nSPS) is 10.9. The fourth-order valence-corrected chi connectivity index (χ4v) is 1.71. The van der Waals surface area contributed by atoms with E-state index in [0.29, 0.717) is 5.56 Å². The molecule has 23 heavy (non-hydrogen) atoms. The molecule has 0 spiro atoms. The van der Waals surface area contributed by atoms with Crippen LogP contribution in [0, 0.1) is 11.3 Å². The first-order chi connectivity index (χ1) is 10.8. The lowest BCUT2D eigenvalue weighted by Crippen LogP contribution is -2.18. The lowest BCUT2D eigenvalue weighted by atomic mass is 10.2. The van der Waals surface area contributed by atoms with Crippen LogP contribution in [0.5, 0.6) is 11.5 Å². The van der Waals surface area contributed by atoms with Gasteiger partial charge >= 0.3 is 12.1 Å². The van der Waals surface area contributed by atoms with Crippen molar-refractivity contribution in [2.24, 2.45) is 0 Å². The standard InChI is InChI=1S/C14H10F3N3O3/c1-22-11-6-9(7-18)2-3-10(11)23-13(21)8-20-5-4-12(19-20)14(15,16)17/h2-6H,8H2,1H3. The van der Waals surface area contributed by atoms with E-state index in [1.54, 1.807) is 0 Å². The summed E-state index contributed by atoms with van der Waals surface area (Å²) in [6.07, 6.45) is -3.55. The summed E-state index contributed by atoms with van der Waals surface area (Å²) >= 11 is 0. The Morgan fingerprint density at radius 3 is 2.65 bits per heavy atom. The summed E-state index contributed by atoms with van der Waals surface area (Å²) in [5.74, 6) is -0.613. The monoisotopic (exact) mass is 325 g/mol. The van der Waals surface area contributed by atoms with Crippen molar-refractivity contribution in [3.63, 3.8) is 0 Å². The molecule has 6 nitrogen and oxygen atoms in total. The number of ether oxygens (including phenoxy) is 2. The second-order valence-corrected chi connectivity index (χ2v) is 4.35. The number of aromatic nitrogens is 2. The maximum Gasteiger partial charge on any atom is 0.435 e. The molecule has 0 aliphatic carbocycles. The maximum atomic E-state index is 12.4. The van der Waals surface area contributed by atoms with Crippen LogP contribution in [0.2, 0.25) is 0 Å². The Labute approximate surface area is 128 Å². The smallest absolute Gasteiger partial charge is 0.435 e. The zero-order valence-electron chi connectivity index (χ0n) is 11.8. The van der Waals surface area contributed by atoms with Crippen LogP contribution < -0.4 is 9.47 Å². The van der Waals surface area contributed by atoms with Crippen LogP contribution in [-0.2, 0) is 17.5 Å². The van der Waals surface area contributed by atoms with Gasteiger partial charge in [0.1, 0.15) is 6.54 Å². The largest absolute Gasteiger partial charge is 0.493 e. The molecule has 0 aliphatic rings. The number of benzene rings is 1. The van der Waals surface area contributed by atoms with E-state index in [0.717, 1.165) is 16.9 Å². The molecule has 1 aromatic heterocycles. The molecule has 9 heteroatoms. The minimum absolute atomic E-state index is 0.0553. The van der Waals surface area contributed by atoms with Crippen LogP contribution in [0.3, 0.4) is 0 Å². The van der Waals surface area contributed by atoms with Gasteiger partial charge in [-0.25, -0.2) is 4.79 Å². The maximum absolute atomic E-state index is 12.4. The molecule has 0 atom stereocenters. The van der Waals surface area contributed by atoms with Gasteiger partial charge in [0.15, 0.2) is 17.2 Å². The number of carbonyl (C=O) groups is 1. The van der Waals surface area contributed by atoms with E-state index < -0.39 is 24.4 Å². The topological polar surface area (TPSA) is 77.1 Å². The van der Waals surface area contributed by atoms with E-state index in [9.17, 15) is 18.0 Å². The summed E-state index contributed by atoms with van der Waals surface area (Å²) in [4.78, 5) is 11.8. The van der Waals surface area contributed by atoms with E-state index in [1.807, 2.05) is 6.07 Å². The summed E-state index contributed by atoms with van der Waals surface area (Å²) in [6.45, 7) is -0.501. The number of nitriles is 1. The Morgan fingerprint density at radius 2 is 2.09 bits per heavy atom. The predicted octanol–water partition coefficient (Wildman–Crippen LogP) is 2.39. The molecule has 2 rings (SSSR count). The molecule has 0 saturated heterocycles. The van der Waals surface area contributed by atoms with E-state index in [1.165, 1.54) is 25.3 Å². The number of alkyl halides is 3. The number of rotatable bonds is 4. The summed E-state index contributed by atoms with van der Waals surface area (Å²) in [5.41, 5.74) is -0.787. The minimum atomic E-state index is -4.58. The molecule has 0 N–H and O–H groups in total. The van der Waals surface area contributed by atoms with Crippen molar-refractivity contribution < 1.29 is 27.4 Å². The SMILES string of the molecule is COc1cc(C#N)ccc1OC(=O)Cn1ccc(C(F)(F)F)n1. The number of esters is 1. The predicted molar refractivity (Wildman–Crippen MR) is 70.6 cm³/mol. The van der Waals surface area contributed by atoms with Gasteiger partial charge in [0.05, 0.1) is 18.7 Å². The van der Waals surface area contributed by atoms with Crippen molar-refractivity contribution >= 4 is 5.97 Å². The van der Waals surface area contributed by atoms with Crippen LogP contribution in [0.1, 0.15) is 11.3 Å². The third-order valence-corrected chi connectivity index (χ3v) is 2.74. The molecular formula is C14H10F3N3O3. The number of methoxy groups -OCH3 is 1. The molecule has 0 unspecified atom stereocenters. The number of hydrogen-bond donors (Lipinski definition) is 0. The van der Waals surface area contributed by atoms with E-state index in [-0.39, 0.29) is 11.5 Å². The van der Waals surface area contributed by atoms with Crippen LogP contribution in [0.25, 0.3) is 0 Å². The van der Waals surface area contributed by atoms with Crippen molar-refractivity contribution in [2.75, 3.05) is 7.11 Å². The van der Waals surface area contributed by atoms with Crippen molar-refractivity contribution in [3.05, 3.63) is 41.7 Å². The van der Waals surface area contributed by atoms with Crippen molar-refractivity contribution in [2.45, 2.75) is 12.7 Å². The van der Waals surface area contributed by atoms with Gasteiger partial charge < -0.3 is 9.47 Å². The highest BCUT2D eigenvalue weighted by molar-refractivity contribution is 5.73. The molecule has 0 radical (unpaired) electrons. The van der Waals surface area contributed by atoms with Gasteiger partial charge in [-0.2, -0.15) is 23.5 Å². The molecule has 2 aromatic rings. The Bertz CT molecular complexity index is 763. The van der Waals surface area contributed by atoms with Crippen molar-refractivity contribution in [3.8, 4) is 17.6 Å². The van der Waals surface area contributed by atoms with E-state index in [2.05, 4.69) is 5.10 Å². The molecule has 0 saturated carbocycles. The lowest BCUT2D eigenvalue weighted by molar-refractivity contribution is -0.142. The van der Waals surface area contributed by atoms with Crippen molar-refractivity contribution in [1.29, 1.82) is 5.26 Å². The van der Waals surface area contributed by atoms with Gasteiger partial charge in [-0.05, 0) is 18.2 Å². The Kier molecular flexibility index (Phi) is 4.55. The van der Waals surface area contributed by atoms with Gasteiger partial charge in [-0.1, -0.05) is 0 Å². The lowest BCUT2D eigenvalue weighted by Gasteiger charge is -2.09. The van der Waals surface area contributed by atoms with Gasteiger partial charge in [0.2, 0.25) is 0 Å². The first kappa shape index (κ1) is 16.4. The van der Waals surface area contributed by atoms with Crippen molar-refractivity contribution in [1.82, 2.24) is 9.78 Å². The first-order valence-electron chi connectivity index (χ1n) is 6.23. The average molecular weight is 325 g/mol. The molecule has 1 heterocycles. The number of nitrogens with zero attached hydrogens (tertiary/aromatic N) is 3. The highest BCUT2D eigenvalue weighted by Gasteiger charge is 2.33. The first-order valence-corrected chi connectivity index (χ1v) is 6.23. The highest BCUT2D eigenvalue weighted by Crippen LogP contribution is 2.29.